The number of imide groups is 1. The quantitative estimate of drug-likeness (QED) is 0.598. The average molecular weight is 425 g/mol. The van der Waals surface area contributed by atoms with Gasteiger partial charge in [0, 0.05) is 32.1 Å². The number of nitrogens with one attached hydrogen (secondary N) is 3. The number of sulfonamides is 1. The Morgan fingerprint density at radius 1 is 1.11 bits per heavy atom. The fourth-order valence-electron chi connectivity index (χ4n) is 2.37. The van der Waals surface area contributed by atoms with Gasteiger partial charge in [-0.05, 0) is 24.6 Å². The summed E-state index contributed by atoms with van der Waals surface area (Å²) in [6.45, 7) is 2.43. The first-order valence-corrected chi connectivity index (χ1v) is 10.9. The molecular formula is C18H24N4O4S2. The monoisotopic (exact) mass is 424 g/mol. The highest BCUT2D eigenvalue weighted by Gasteiger charge is 2.23. The smallest absolute Gasteiger partial charge is 0.321 e. The summed E-state index contributed by atoms with van der Waals surface area (Å²) in [4.78, 5) is 25.0. The largest absolute Gasteiger partial charge is 0.338 e. The molecule has 0 aliphatic carbocycles. The minimum Gasteiger partial charge on any atom is -0.338 e. The fraction of sp³-hybridized carbons (Fsp3) is 0.333. The van der Waals surface area contributed by atoms with E-state index >= 15 is 0 Å². The molecule has 0 unspecified atom stereocenters. The maximum Gasteiger partial charge on any atom is 0.321 e. The van der Waals surface area contributed by atoms with E-state index < -0.39 is 28.0 Å². The van der Waals surface area contributed by atoms with E-state index in [9.17, 15) is 18.0 Å². The number of amides is 3. The molecule has 152 valence electrons. The van der Waals surface area contributed by atoms with E-state index in [1.807, 2.05) is 6.07 Å². The van der Waals surface area contributed by atoms with Gasteiger partial charge in [0.15, 0.2) is 0 Å². The molecule has 0 fully saturated rings. The first kappa shape index (κ1) is 22.0. The highest BCUT2D eigenvalue weighted by molar-refractivity contribution is 7.91. The number of urea groups is 1. The third-order valence-corrected chi connectivity index (χ3v) is 7.19. The first-order valence-electron chi connectivity index (χ1n) is 8.64. The zero-order valence-electron chi connectivity index (χ0n) is 15.9. The summed E-state index contributed by atoms with van der Waals surface area (Å²) in [5.74, 6) is -0.491. The molecule has 8 nitrogen and oxygen atoms in total. The molecule has 3 amide bonds. The Hall–Kier alpha value is -2.27. The second kappa shape index (κ2) is 9.78. The summed E-state index contributed by atoms with van der Waals surface area (Å²) in [7, 11) is -0.541. The van der Waals surface area contributed by atoms with Gasteiger partial charge in [-0.1, -0.05) is 30.3 Å². The number of carbonyl (C=O) groups excluding carboxylic acids is 2. The molecule has 0 aliphatic heterocycles. The number of benzene rings is 1. The van der Waals surface area contributed by atoms with Crippen molar-refractivity contribution >= 4 is 33.3 Å². The van der Waals surface area contributed by atoms with Gasteiger partial charge in [-0.2, -0.15) is 0 Å². The predicted molar refractivity (Wildman–Crippen MR) is 108 cm³/mol. The van der Waals surface area contributed by atoms with Gasteiger partial charge in [0.1, 0.15) is 10.3 Å². The highest BCUT2D eigenvalue weighted by Crippen LogP contribution is 2.24. The Morgan fingerprint density at radius 3 is 2.39 bits per heavy atom. The molecule has 1 atom stereocenters. The Labute approximate surface area is 169 Å². The van der Waals surface area contributed by atoms with Gasteiger partial charge in [-0.25, -0.2) is 17.5 Å². The molecule has 0 saturated heterocycles. The zero-order valence-corrected chi connectivity index (χ0v) is 17.6. The Bertz CT molecular complexity index is 911. The molecule has 0 saturated carbocycles. The van der Waals surface area contributed by atoms with Crippen molar-refractivity contribution in [2.24, 2.45) is 0 Å². The Balaban J connectivity index is 2.14. The highest BCUT2D eigenvalue weighted by atomic mass is 32.2. The molecular weight excluding hydrogens is 400 g/mol. The summed E-state index contributed by atoms with van der Waals surface area (Å²) in [6.07, 6.45) is 0. The zero-order chi connectivity index (χ0) is 20.7. The van der Waals surface area contributed by atoms with E-state index in [0.29, 0.717) is 12.1 Å². The van der Waals surface area contributed by atoms with Crippen LogP contribution in [0.3, 0.4) is 0 Å². The SMILES string of the molecule is CCNC(=O)NC(=O)[C@H](NCc1ccc(S(=O)(=O)N(C)C)s1)c1ccccc1. The average Bonchev–Trinajstić information content (AvgIpc) is 3.12. The van der Waals surface area contributed by atoms with Crippen LogP contribution >= 0.6 is 11.3 Å². The van der Waals surface area contributed by atoms with Gasteiger partial charge in [-0.15, -0.1) is 11.3 Å². The van der Waals surface area contributed by atoms with E-state index in [4.69, 9.17) is 0 Å². The van der Waals surface area contributed by atoms with Gasteiger partial charge in [0.2, 0.25) is 5.91 Å². The van der Waals surface area contributed by atoms with Gasteiger partial charge in [0.05, 0.1) is 0 Å². The Kier molecular flexibility index (Phi) is 7.69. The number of carbonyl (C=O) groups is 2. The molecule has 0 aliphatic rings. The fourth-order valence-corrected chi connectivity index (χ4v) is 4.85. The maximum absolute atomic E-state index is 12.6. The van der Waals surface area contributed by atoms with Crippen LogP contribution in [0.1, 0.15) is 23.4 Å². The lowest BCUT2D eigenvalue weighted by atomic mass is 10.1. The second-order valence-corrected chi connectivity index (χ2v) is 9.63. The maximum atomic E-state index is 12.6. The lowest BCUT2D eigenvalue weighted by Gasteiger charge is -2.18. The van der Waals surface area contributed by atoms with Crippen molar-refractivity contribution in [1.82, 2.24) is 20.3 Å². The molecule has 3 N–H and O–H groups in total. The molecule has 2 aromatic rings. The van der Waals surface area contributed by atoms with Gasteiger partial charge < -0.3 is 5.32 Å². The standard InChI is InChI=1S/C18H24N4O4S2/c1-4-19-18(24)21-17(23)16(13-8-6-5-7-9-13)20-12-14-10-11-15(27-14)28(25,26)22(2)3/h5-11,16,20H,4,12H2,1-3H3,(H2,19,21,23,24)/t16-/m1/s1. The van der Waals surface area contributed by atoms with Crippen molar-refractivity contribution in [3.63, 3.8) is 0 Å². The summed E-state index contributed by atoms with van der Waals surface area (Å²) < 4.78 is 25.8. The van der Waals surface area contributed by atoms with Crippen LogP contribution in [-0.2, 0) is 21.4 Å². The van der Waals surface area contributed by atoms with Crippen LogP contribution in [0.15, 0.2) is 46.7 Å². The lowest BCUT2D eigenvalue weighted by molar-refractivity contribution is -0.122. The summed E-state index contributed by atoms with van der Waals surface area (Å²) >= 11 is 1.14. The molecule has 0 spiro atoms. The van der Waals surface area contributed by atoms with E-state index in [-0.39, 0.29) is 10.8 Å². The number of nitrogens with zero attached hydrogens (tertiary/aromatic N) is 1. The predicted octanol–water partition coefficient (Wildman–Crippen LogP) is 1.68. The third-order valence-electron chi connectivity index (χ3n) is 3.82. The molecule has 0 bridgehead atoms. The van der Waals surface area contributed by atoms with Crippen LogP contribution in [0, 0.1) is 0 Å². The van der Waals surface area contributed by atoms with Gasteiger partial charge in [-0.3, -0.25) is 15.4 Å². The van der Waals surface area contributed by atoms with E-state index in [2.05, 4.69) is 16.0 Å². The first-order chi connectivity index (χ1) is 13.3. The van der Waals surface area contributed by atoms with E-state index in [1.54, 1.807) is 43.3 Å². The van der Waals surface area contributed by atoms with Crippen LogP contribution in [0.25, 0.3) is 0 Å². The molecule has 28 heavy (non-hydrogen) atoms. The Morgan fingerprint density at radius 2 is 1.79 bits per heavy atom. The number of rotatable bonds is 8. The summed E-state index contributed by atoms with van der Waals surface area (Å²) in [5.41, 5.74) is 0.696. The van der Waals surface area contributed by atoms with Crippen LogP contribution < -0.4 is 16.0 Å². The van der Waals surface area contributed by atoms with Crippen LogP contribution in [0.2, 0.25) is 0 Å². The van der Waals surface area contributed by atoms with Gasteiger partial charge in [0.25, 0.3) is 10.0 Å². The van der Waals surface area contributed by atoms with Crippen LogP contribution in [0.5, 0.6) is 0 Å². The van der Waals surface area contributed by atoms with Crippen molar-refractivity contribution in [2.45, 2.75) is 23.7 Å². The van der Waals surface area contributed by atoms with Crippen LogP contribution in [0.4, 0.5) is 4.79 Å². The number of thiophene rings is 1. The van der Waals surface area contributed by atoms with Crippen molar-refractivity contribution < 1.29 is 18.0 Å². The second-order valence-electron chi connectivity index (χ2n) is 6.08. The minimum absolute atomic E-state index is 0.234. The van der Waals surface area contributed by atoms with Crippen molar-refractivity contribution in [1.29, 1.82) is 0 Å². The van der Waals surface area contributed by atoms with E-state index in [1.165, 1.54) is 14.1 Å². The molecule has 10 heteroatoms. The number of hydrogen-bond donors (Lipinski definition) is 3. The van der Waals surface area contributed by atoms with E-state index in [0.717, 1.165) is 20.5 Å². The lowest BCUT2D eigenvalue weighted by Crippen LogP contribution is -2.44. The topological polar surface area (TPSA) is 108 Å². The number of hydrogen-bond acceptors (Lipinski definition) is 6. The molecule has 2 rings (SSSR count). The van der Waals surface area contributed by atoms with Crippen molar-refractivity contribution in [3.8, 4) is 0 Å². The molecule has 0 radical (unpaired) electrons. The minimum atomic E-state index is -3.49. The van der Waals surface area contributed by atoms with Crippen LogP contribution in [-0.4, -0.2) is 45.3 Å². The van der Waals surface area contributed by atoms with Gasteiger partial charge >= 0.3 is 6.03 Å². The summed E-state index contributed by atoms with van der Waals surface area (Å²) in [5, 5.41) is 7.93. The molecule has 1 aromatic heterocycles. The molecule has 1 aromatic carbocycles. The van der Waals surface area contributed by atoms with Crippen molar-refractivity contribution in [3.05, 3.63) is 52.9 Å². The third kappa shape index (κ3) is 5.61. The molecule has 1 heterocycles. The summed E-state index contributed by atoms with van der Waals surface area (Å²) in [6, 6.07) is 10.9. The normalized spacial score (nSPS) is 12.6. The van der Waals surface area contributed by atoms with Crippen molar-refractivity contribution in [2.75, 3.05) is 20.6 Å².